The highest BCUT2D eigenvalue weighted by atomic mass is 35.5. The molecule has 0 aromatic heterocycles. The van der Waals surface area contributed by atoms with Crippen molar-refractivity contribution in [3.8, 4) is 0 Å². The van der Waals surface area contributed by atoms with Gasteiger partial charge in [0.1, 0.15) is 0 Å². The van der Waals surface area contributed by atoms with E-state index < -0.39 is 0 Å². The van der Waals surface area contributed by atoms with Gasteiger partial charge in [-0.2, -0.15) is 0 Å². The molecule has 3 aliphatic rings. The zero-order valence-corrected chi connectivity index (χ0v) is 16.6. The molecule has 2 N–H and O–H groups in total. The molecule has 2 unspecified atom stereocenters. The van der Waals surface area contributed by atoms with Gasteiger partial charge >= 0.3 is 0 Å². The van der Waals surface area contributed by atoms with Gasteiger partial charge in [-0.25, -0.2) is 0 Å². The molecule has 1 saturated carbocycles. The molecule has 5 nitrogen and oxygen atoms in total. The first-order chi connectivity index (χ1) is 12.7. The lowest BCUT2D eigenvalue weighted by molar-refractivity contribution is -0.135. The topological polar surface area (TPSA) is 61.4 Å². The van der Waals surface area contributed by atoms with Crippen LogP contribution >= 0.6 is 12.4 Å². The molecule has 0 spiro atoms. The number of halogens is 1. The maximum absolute atomic E-state index is 13.2. The zero-order chi connectivity index (χ0) is 18.0. The van der Waals surface area contributed by atoms with Crippen molar-refractivity contribution in [2.45, 2.75) is 50.0 Å². The van der Waals surface area contributed by atoms with E-state index in [2.05, 4.69) is 22.8 Å². The molecule has 4 rings (SSSR count). The van der Waals surface area contributed by atoms with Gasteiger partial charge in [0.2, 0.25) is 11.8 Å². The van der Waals surface area contributed by atoms with E-state index in [9.17, 15) is 9.59 Å². The smallest absolute Gasteiger partial charge is 0.237 e. The van der Waals surface area contributed by atoms with E-state index >= 15 is 0 Å². The van der Waals surface area contributed by atoms with E-state index in [1.165, 1.54) is 0 Å². The molecule has 2 heterocycles. The fraction of sp³-hybridized carbons (Fsp3) is 0.619. The van der Waals surface area contributed by atoms with Crippen LogP contribution in [-0.2, 0) is 15.0 Å². The first-order valence-electron chi connectivity index (χ1n) is 10.0. The Balaban J connectivity index is 0.00000210. The average molecular weight is 392 g/mol. The van der Waals surface area contributed by atoms with Crippen LogP contribution in [0.2, 0.25) is 0 Å². The van der Waals surface area contributed by atoms with Gasteiger partial charge in [-0.15, -0.1) is 12.4 Å². The number of nitrogens with zero attached hydrogens (tertiary/aromatic N) is 1. The lowest BCUT2D eigenvalue weighted by Gasteiger charge is -2.35. The minimum Gasteiger partial charge on any atom is -0.354 e. The number of piperidine rings is 1. The Morgan fingerprint density at radius 2 is 1.93 bits per heavy atom. The fourth-order valence-corrected chi connectivity index (χ4v) is 4.50. The monoisotopic (exact) mass is 391 g/mol. The van der Waals surface area contributed by atoms with Gasteiger partial charge < -0.3 is 15.5 Å². The standard InChI is InChI=1S/C21H29N3O2.ClH/c25-19(18-9-4-12-22-18)23-14-16-6-5-13-24(15-16)20(26)21(10-11-21)17-7-2-1-3-8-17;/h1-3,7-8,16,18,22H,4-6,9-15H2,(H,23,25);1H. The minimum absolute atomic E-state index is 0. The van der Waals surface area contributed by atoms with Crippen LogP contribution in [0.1, 0.15) is 44.1 Å². The second kappa shape index (κ2) is 8.61. The Labute approximate surface area is 167 Å². The van der Waals surface area contributed by atoms with Crippen LogP contribution in [0, 0.1) is 5.92 Å². The Morgan fingerprint density at radius 1 is 1.15 bits per heavy atom. The first kappa shape index (κ1) is 20.2. The van der Waals surface area contributed by atoms with Crippen molar-refractivity contribution in [3.63, 3.8) is 0 Å². The highest BCUT2D eigenvalue weighted by Crippen LogP contribution is 2.49. The van der Waals surface area contributed by atoms with Crippen LogP contribution in [0.5, 0.6) is 0 Å². The van der Waals surface area contributed by atoms with Gasteiger partial charge in [0.25, 0.3) is 0 Å². The molecular weight excluding hydrogens is 362 g/mol. The summed E-state index contributed by atoms with van der Waals surface area (Å²) >= 11 is 0. The summed E-state index contributed by atoms with van der Waals surface area (Å²) in [4.78, 5) is 27.5. The minimum atomic E-state index is -0.278. The van der Waals surface area contributed by atoms with E-state index in [-0.39, 0.29) is 35.7 Å². The predicted octanol–water partition coefficient (Wildman–Crippen LogP) is 2.25. The van der Waals surface area contributed by atoms with Gasteiger partial charge in [-0.3, -0.25) is 9.59 Å². The average Bonchev–Trinajstić information content (AvgIpc) is 3.32. The second-order valence-corrected chi connectivity index (χ2v) is 8.10. The SMILES string of the molecule is Cl.O=C(NCC1CCCN(C(=O)C2(c3ccccc3)CC2)C1)C1CCCN1. The van der Waals surface area contributed by atoms with Crippen LogP contribution in [0.25, 0.3) is 0 Å². The normalized spacial score (nSPS) is 26.1. The molecular formula is C21H30ClN3O2. The van der Waals surface area contributed by atoms with Gasteiger partial charge in [-0.05, 0) is 56.6 Å². The van der Waals surface area contributed by atoms with Gasteiger partial charge in [0, 0.05) is 19.6 Å². The lowest BCUT2D eigenvalue weighted by Crippen LogP contribution is -2.48. The molecule has 0 radical (unpaired) electrons. The molecule has 27 heavy (non-hydrogen) atoms. The summed E-state index contributed by atoms with van der Waals surface area (Å²) < 4.78 is 0. The number of amides is 2. The summed E-state index contributed by atoms with van der Waals surface area (Å²) in [7, 11) is 0. The zero-order valence-electron chi connectivity index (χ0n) is 15.8. The molecule has 2 aliphatic heterocycles. The van der Waals surface area contributed by atoms with E-state index in [0.717, 1.165) is 63.7 Å². The first-order valence-corrected chi connectivity index (χ1v) is 10.0. The molecule has 1 aromatic rings. The Hall–Kier alpha value is -1.59. The summed E-state index contributed by atoms with van der Waals surface area (Å²) in [6.07, 6.45) is 6.04. The number of hydrogen-bond donors (Lipinski definition) is 2. The van der Waals surface area contributed by atoms with Crippen molar-refractivity contribution in [3.05, 3.63) is 35.9 Å². The number of carbonyl (C=O) groups is 2. The molecule has 3 fully saturated rings. The van der Waals surface area contributed by atoms with Crippen molar-refractivity contribution in [2.24, 2.45) is 5.92 Å². The molecule has 148 valence electrons. The van der Waals surface area contributed by atoms with Crippen molar-refractivity contribution in [1.29, 1.82) is 0 Å². The Bertz CT molecular complexity index is 657. The van der Waals surface area contributed by atoms with Crippen LogP contribution in [-0.4, -0.2) is 48.9 Å². The number of benzene rings is 1. The van der Waals surface area contributed by atoms with Gasteiger partial charge in [0.15, 0.2) is 0 Å². The van der Waals surface area contributed by atoms with Crippen LogP contribution < -0.4 is 10.6 Å². The van der Waals surface area contributed by atoms with E-state index in [0.29, 0.717) is 12.5 Å². The maximum Gasteiger partial charge on any atom is 0.237 e. The lowest BCUT2D eigenvalue weighted by atomic mass is 9.91. The van der Waals surface area contributed by atoms with Crippen LogP contribution in [0.15, 0.2) is 30.3 Å². The highest BCUT2D eigenvalue weighted by Gasteiger charge is 2.53. The van der Waals surface area contributed by atoms with E-state index in [1.807, 2.05) is 23.1 Å². The number of hydrogen-bond acceptors (Lipinski definition) is 3. The third-order valence-corrected chi connectivity index (χ3v) is 6.23. The van der Waals surface area contributed by atoms with Crippen LogP contribution in [0.3, 0.4) is 0 Å². The number of carbonyl (C=O) groups excluding carboxylic acids is 2. The molecule has 0 bridgehead atoms. The Kier molecular flexibility index (Phi) is 6.43. The van der Waals surface area contributed by atoms with Gasteiger partial charge in [0.05, 0.1) is 11.5 Å². The molecule has 2 saturated heterocycles. The summed E-state index contributed by atoms with van der Waals surface area (Å²) in [5, 5.41) is 6.34. The number of nitrogens with one attached hydrogen (secondary N) is 2. The molecule has 1 aliphatic carbocycles. The molecule has 1 aromatic carbocycles. The van der Waals surface area contributed by atoms with Crippen molar-refractivity contribution in [2.75, 3.05) is 26.2 Å². The van der Waals surface area contributed by atoms with Crippen molar-refractivity contribution >= 4 is 24.2 Å². The summed E-state index contributed by atoms with van der Waals surface area (Å²) in [5.41, 5.74) is 0.882. The van der Waals surface area contributed by atoms with Crippen molar-refractivity contribution < 1.29 is 9.59 Å². The number of likely N-dealkylation sites (tertiary alicyclic amines) is 1. The third kappa shape index (κ3) is 4.30. The summed E-state index contributed by atoms with van der Waals surface area (Å²) in [6, 6.07) is 10.2. The van der Waals surface area contributed by atoms with Crippen molar-refractivity contribution in [1.82, 2.24) is 15.5 Å². The number of rotatable bonds is 5. The molecule has 6 heteroatoms. The largest absolute Gasteiger partial charge is 0.354 e. The second-order valence-electron chi connectivity index (χ2n) is 8.10. The maximum atomic E-state index is 13.2. The quantitative estimate of drug-likeness (QED) is 0.809. The third-order valence-electron chi connectivity index (χ3n) is 6.23. The highest BCUT2D eigenvalue weighted by molar-refractivity contribution is 5.91. The van der Waals surface area contributed by atoms with Gasteiger partial charge in [-0.1, -0.05) is 30.3 Å². The predicted molar refractivity (Wildman–Crippen MR) is 108 cm³/mol. The van der Waals surface area contributed by atoms with E-state index in [4.69, 9.17) is 0 Å². The van der Waals surface area contributed by atoms with Crippen LogP contribution in [0.4, 0.5) is 0 Å². The summed E-state index contributed by atoms with van der Waals surface area (Å²) in [5.74, 6) is 0.774. The fourth-order valence-electron chi connectivity index (χ4n) is 4.50. The molecule has 2 amide bonds. The Morgan fingerprint density at radius 3 is 2.59 bits per heavy atom. The molecule has 2 atom stereocenters. The summed E-state index contributed by atoms with van der Waals surface area (Å²) in [6.45, 7) is 3.23. The van der Waals surface area contributed by atoms with E-state index in [1.54, 1.807) is 0 Å².